The number of rotatable bonds is 6. The summed E-state index contributed by atoms with van der Waals surface area (Å²) < 4.78 is 12.2. The van der Waals surface area contributed by atoms with Crippen molar-refractivity contribution in [2.75, 3.05) is 20.2 Å². The van der Waals surface area contributed by atoms with Gasteiger partial charge in [-0.25, -0.2) is 9.21 Å². The van der Waals surface area contributed by atoms with Gasteiger partial charge in [0, 0.05) is 19.1 Å². The van der Waals surface area contributed by atoms with E-state index in [9.17, 15) is 19.5 Å². The molecular weight excluding hydrogens is 544 g/mol. The number of carbonyl (C=O) groups is 3. The van der Waals surface area contributed by atoms with Gasteiger partial charge in [0.1, 0.15) is 11.5 Å². The third kappa shape index (κ3) is 9.20. The van der Waals surface area contributed by atoms with Crippen molar-refractivity contribution in [1.29, 1.82) is 0 Å². The zero-order valence-electron chi connectivity index (χ0n) is 24.5. The summed E-state index contributed by atoms with van der Waals surface area (Å²) in [6.07, 6.45) is 5.15. The van der Waals surface area contributed by atoms with Crippen molar-refractivity contribution in [3.05, 3.63) is 71.8 Å². The van der Waals surface area contributed by atoms with Crippen LogP contribution in [0.4, 0.5) is 4.79 Å². The normalized spacial score (nSPS) is 21.0. The number of benzene rings is 2. The number of piperidine rings is 2. The predicted molar refractivity (Wildman–Crippen MR) is 159 cm³/mol. The van der Waals surface area contributed by atoms with Gasteiger partial charge >= 0.3 is 18.0 Å². The van der Waals surface area contributed by atoms with Crippen LogP contribution in [0, 0.1) is 0 Å². The summed E-state index contributed by atoms with van der Waals surface area (Å²) in [6.45, 7) is 6.81. The van der Waals surface area contributed by atoms with Gasteiger partial charge in [-0.1, -0.05) is 67.1 Å². The number of methoxy groups -OCH3 is 1. The quantitative estimate of drug-likeness (QED) is 0.301. The fourth-order valence-electron chi connectivity index (χ4n) is 5.59. The van der Waals surface area contributed by atoms with Crippen LogP contribution in [0.2, 0.25) is 0 Å². The Labute approximate surface area is 248 Å². The molecule has 0 bridgehead atoms. The van der Waals surface area contributed by atoms with Crippen molar-refractivity contribution >= 4 is 29.8 Å². The van der Waals surface area contributed by atoms with Crippen LogP contribution in [0.5, 0.6) is 0 Å². The number of ether oxygens (including phenoxy) is 2. The number of amides is 1. The molecule has 2 fully saturated rings. The van der Waals surface area contributed by atoms with Crippen molar-refractivity contribution in [1.82, 2.24) is 9.32 Å². The van der Waals surface area contributed by atoms with E-state index in [4.69, 9.17) is 21.3 Å². The topological polar surface area (TPSA) is 96.4 Å². The van der Waals surface area contributed by atoms with E-state index in [0.717, 1.165) is 49.8 Å². The summed E-state index contributed by atoms with van der Waals surface area (Å²) in [4.78, 5) is 38.0. The fourth-order valence-corrected chi connectivity index (χ4v) is 5.92. The average molecular weight is 587 g/mol. The molecule has 9 heteroatoms. The van der Waals surface area contributed by atoms with Crippen LogP contribution in [0.25, 0.3) is 0 Å². The Kier molecular flexibility index (Phi) is 12.0. The van der Waals surface area contributed by atoms with Crippen LogP contribution in [-0.4, -0.2) is 70.3 Å². The van der Waals surface area contributed by atoms with Crippen LogP contribution < -0.4 is 0 Å². The molecule has 0 aromatic heterocycles. The minimum absolute atomic E-state index is 0.0234. The predicted octanol–water partition coefficient (Wildman–Crippen LogP) is 6.60. The maximum absolute atomic E-state index is 12.5. The Morgan fingerprint density at radius 3 is 1.83 bits per heavy atom. The van der Waals surface area contributed by atoms with Crippen LogP contribution in [0.1, 0.15) is 82.3 Å². The number of carboxylic acids is 1. The van der Waals surface area contributed by atoms with E-state index >= 15 is 0 Å². The van der Waals surface area contributed by atoms with Gasteiger partial charge in [0.15, 0.2) is 0 Å². The van der Waals surface area contributed by atoms with Crippen LogP contribution in [0.3, 0.4) is 0 Å². The molecule has 4 rings (SSSR count). The Hall–Kier alpha value is -3.10. The molecule has 41 heavy (non-hydrogen) atoms. The van der Waals surface area contributed by atoms with E-state index in [1.807, 2.05) is 69.3 Å². The Bertz CT molecular complexity index is 1120. The van der Waals surface area contributed by atoms with Gasteiger partial charge in [0.05, 0.1) is 19.1 Å². The summed E-state index contributed by atoms with van der Waals surface area (Å²) >= 11 is 6.25. The van der Waals surface area contributed by atoms with E-state index in [0.29, 0.717) is 13.0 Å². The van der Waals surface area contributed by atoms with E-state index in [-0.39, 0.29) is 24.0 Å². The molecule has 2 aliphatic rings. The molecule has 2 saturated heterocycles. The monoisotopic (exact) mass is 586 g/mol. The molecule has 2 heterocycles. The van der Waals surface area contributed by atoms with Crippen LogP contribution >= 0.6 is 11.8 Å². The highest BCUT2D eigenvalue weighted by Gasteiger charge is 2.39. The van der Waals surface area contributed by atoms with Crippen LogP contribution in [0.15, 0.2) is 60.7 Å². The molecule has 0 aliphatic carbocycles. The first-order valence-electron chi connectivity index (χ1n) is 14.4. The van der Waals surface area contributed by atoms with Gasteiger partial charge in [-0.3, -0.25) is 9.59 Å². The molecule has 8 nitrogen and oxygen atoms in total. The lowest BCUT2D eigenvalue weighted by molar-refractivity contribution is -0.144. The second-order valence-electron chi connectivity index (χ2n) is 11.6. The minimum atomic E-state index is -0.906. The Balaban J connectivity index is 0.000000232. The number of aliphatic carboxylic acids is 1. The van der Waals surface area contributed by atoms with Crippen molar-refractivity contribution in [2.24, 2.45) is 0 Å². The van der Waals surface area contributed by atoms with Crippen molar-refractivity contribution in [3.63, 3.8) is 0 Å². The molecule has 4 unspecified atom stereocenters. The fraction of sp³-hybridized carbons (Fsp3) is 0.531. The van der Waals surface area contributed by atoms with E-state index in [1.54, 1.807) is 21.5 Å². The van der Waals surface area contributed by atoms with Crippen LogP contribution in [-0.2, 0) is 19.1 Å². The molecule has 0 saturated carbocycles. The highest BCUT2D eigenvalue weighted by atomic mass is 35.5. The highest BCUT2D eigenvalue weighted by Crippen LogP contribution is 2.33. The first-order chi connectivity index (χ1) is 19.5. The standard InChI is InChI=1S/C18H25NO4.C14H18ClNO2/c1-18(2,3)23-17(22)19-12-8-7-11-14(19)15(16(20)21)13-9-5-4-6-10-13;1-18-14(17)13(11-7-3-2-4-8-11)12-9-5-6-10-16(12)15/h4-6,9-10,14-15H,7-8,11-12H2,1-3H3,(H,20,21);2-4,7-8,12-13H,5-6,9-10H2,1H3. The lowest BCUT2D eigenvalue weighted by Gasteiger charge is -2.39. The number of hydrogen-bond acceptors (Lipinski definition) is 6. The van der Waals surface area contributed by atoms with E-state index in [2.05, 4.69) is 0 Å². The molecule has 2 aromatic rings. The summed E-state index contributed by atoms with van der Waals surface area (Å²) in [5, 5.41) is 9.73. The van der Waals surface area contributed by atoms with Gasteiger partial charge in [0.2, 0.25) is 0 Å². The van der Waals surface area contributed by atoms with Crippen molar-refractivity contribution in [3.8, 4) is 0 Å². The molecule has 2 aromatic carbocycles. The largest absolute Gasteiger partial charge is 0.481 e. The summed E-state index contributed by atoms with van der Waals surface area (Å²) in [6, 6.07) is 18.5. The molecule has 1 N–H and O–H groups in total. The number of esters is 1. The van der Waals surface area contributed by atoms with Gasteiger partial charge in [-0.15, -0.1) is 0 Å². The first kappa shape index (κ1) is 32.4. The molecular formula is C32H43ClN2O6. The number of nitrogens with zero attached hydrogens (tertiary/aromatic N) is 2. The molecule has 2 aliphatic heterocycles. The summed E-state index contributed by atoms with van der Waals surface area (Å²) in [7, 11) is 1.43. The van der Waals surface area contributed by atoms with Gasteiger partial charge in [0.25, 0.3) is 0 Å². The third-order valence-corrected chi connectivity index (χ3v) is 7.89. The van der Waals surface area contributed by atoms with Gasteiger partial charge in [-0.2, -0.15) is 0 Å². The molecule has 0 spiro atoms. The zero-order valence-corrected chi connectivity index (χ0v) is 25.3. The number of hydrogen-bond donors (Lipinski definition) is 1. The first-order valence-corrected chi connectivity index (χ1v) is 14.7. The number of carboxylic acid groups (broad SMARTS) is 1. The maximum atomic E-state index is 12.5. The molecule has 1 amide bonds. The number of likely N-dealkylation sites (tertiary alicyclic amines) is 1. The lowest BCUT2D eigenvalue weighted by Crippen LogP contribution is -2.50. The average Bonchev–Trinajstić information content (AvgIpc) is 2.95. The minimum Gasteiger partial charge on any atom is -0.481 e. The summed E-state index contributed by atoms with van der Waals surface area (Å²) in [5.41, 5.74) is 1.10. The number of carbonyl (C=O) groups excluding carboxylic acids is 2. The Morgan fingerprint density at radius 2 is 1.34 bits per heavy atom. The second-order valence-corrected chi connectivity index (χ2v) is 12.0. The summed E-state index contributed by atoms with van der Waals surface area (Å²) in [5.74, 6) is -2.14. The number of halogens is 1. The van der Waals surface area contributed by atoms with Gasteiger partial charge < -0.3 is 19.5 Å². The zero-order chi connectivity index (χ0) is 30.0. The van der Waals surface area contributed by atoms with E-state index in [1.165, 1.54) is 7.11 Å². The SMILES string of the molecule is CC(C)(C)OC(=O)N1CCCCC1C(C(=O)O)c1ccccc1.COC(=O)C(c1ccccc1)C1CCCCN1Cl. The second kappa shape index (κ2) is 15.2. The Morgan fingerprint density at radius 1 is 0.829 bits per heavy atom. The van der Waals surface area contributed by atoms with Gasteiger partial charge in [-0.05, 0) is 75.8 Å². The van der Waals surface area contributed by atoms with Crippen molar-refractivity contribution < 1.29 is 29.0 Å². The smallest absolute Gasteiger partial charge is 0.410 e. The third-order valence-electron chi connectivity index (χ3n) is 7.47. The lowest BCUT2D eigenvalue weighted by atomic mass is 9.85. The van der Waals surface area contributed by atoms with Crippen molar-refractivity contribution in [2.45, 2.75) is 88.8 Å². The molecule has 0 radical (unpaired) electrons. The highest BCUT2D eigenvalue weighted by molar-refractivity contribution is 6.13. The maximum Gasteiger partial charge on any atom is 0.410 e. The molecule has 4 atom stereocenters. The van der Waals surface area contributed by atoms with E-state index < -0.39 is 23.6 Å². The molecule has 224 valence electrons.